The molecule has 0 aromatic heterocycles. The van der Waals surface area contributed by atoms with Crippen LogP contribution in [0.2, 0.25) is 0 Å². The number of hydrogen-bond donors (Lipinski definition) is 0. The van der Waals surface area contributed by atoms with Gasteiger partial charge in [0, 0.05) is 20.8 Å². The number of rotatable bonds is 3. The zero-order valence-electron chi connectivity index (χ0n) is 10.7. The van der Waals surface area contributed by atoms with Crippen LogP contribution in [-0.2, 0) is 14.5 Å². The third kappa shape index (κ3) is 25.9. The molecule has 0 saturated carbocycles. The van der Waals surface area contributed by atoms with Crippen LogP contribution in [0.25, 0.3) is 0 Å². The van der Waals surface area contributed by atoms with Crippen LogP contribution in [-0.4, -0.2) is 25.6 Å². The van der Waals surface area contributed by atoms with Crippen LogP contribution in [0.5, 0.6) is 0 Å². The number of nitrogens with zero attached hydrogens (tertiary/aromatic N) is 1. The molecule has 0 heterocycles. The molecule has 0 radical (unpaired) electrons. The Kier molecular flexibility index (Phi) is 19.6. The van der Waals surface area contributed by atoms with Gasteiger partial charge >= 0.3 is 51.4 Å². The van der Waals surface area contributed by atoms with Crippen molar-refractivity contribution in [3.05, 3.63) is 0 Å². The average molecular weight is 354 g/mol. The summed E-state index contributed by atoms with van der Waals surface area (Å²) in [7, 11) is 0. The first-order valence-corrected chi connectivity index (χ1v) is 5.81. The fraction of sp³-hybridized carbons (Fsp3) is 0.500. The van der Waals surface area contributed by atoms with Crippen LogP contribution in [0.3, 0.4) is 0 Å². The summed E-state index contributed by atoms with van der Waals surface area (Å²) in [6, 6.07) is 0. The Morgan fingerprint density at radius 1 is 0.778 bits per heavy atom. The van der Waals surface area contributed by atoms with Crippen molar-refractivity contribution >= 4 is 69.1 Å². The van der Waals surface area contributed by atoms with Gasteiger partial charge in [0.2, 0.25) is 5.39 Å². The molecule has 0 aromatic carbocycles. The first-order chi connectivity index (χ1) is 7.65. The predicted molar refractivity (Wildman–Crippen MR) is 78.2 cm³/mol. The Morgan fingerprint density at radius 2 is 0.944 bits per heavy atom. The van der Waals surface area contributed by atoms with Crippen molar-refractivity contribution in [3.8, 4) is 0 Å². The van der Waals surface area contributed by atoms with E-state index in [2.05, 4.69) is 48.9 Å². The molecule has 0 aliphatic rings. The third-order valence-electron chi connectivity index (χ3n) is 0.609. The zero-order chi connectivity index (χ0) is 14.0. The molecule has 5 nitrogen and oxygen atoms in total. The number of thiocarbonyl (C=S) groups is 4. The summed E-state index contributed by atoms with van der Waals surface area (Å²) >= 11 is 18.0. The summed E-state index contributed by atoms with van der Waals surface area (Å²) in [6.07, 6.45) is 0. The fourth-order valence-corrected chi connectivity index (χ4v) is 0.553. The maximum atomic E-state index is 9.26. The predicted octanol–water partition coefficient (Wildman–Crippen LogP) is -1.18. The molecule has 10 heteroatoms. The molecular formula is C8H12KNO4S4. The molecule has 0 spiro atoms. The second-order valence-electron chi connectivity index (χ2n) is 2.46. The standard InChI is InChI=1S/C6H9NO3S3.C2H4OS.K/c1-4(11)8-7(9-5(2)12)10-6(3)13;1-2(3)4;/h1-3H3;1H3,(H,3,4);/q;;+1/p-1. The first-order valence-electron chi connectivity index (χ1n) is 4.18. The van der Waals surface area contributed by atoms with Gasteiger partial charge in [0.1, 0.15) is 0 Å². The van der Waals surface area contributed by atoms with Crippen LogP contribution in [0.15, 0.2) is 0 Å². The molecule has 0 atom stereocenters. The van der Waals surface area contributed by atoms with Crippen molar-refractivity contribution in [1.29, 1.82) is 0 Å². The van der Waals surface area contributed by atoms with Crippen molar-refractivity contribution in [2.75, 3.05) is 0 Å². The van der Waals surface area contributed by atoms with Crippen molar-refractivity contribution in [1.82, 2.24) is 5.39 Å². The normalized spacial score (nSPS) is 8.06. The van der Waals surface area contributed by atoms with E-state index in [-0.39, 0.29) is 71.6 Å². The Morgan fingerprint density at radius 3 is 1.06 bits per heavy atom. The molecule has 0 rings (SSSR count). The van der Waals surface area contributed by atoms with E-state index in [0.29, 0.717) is 5.39 Å². The van der Waals surface area contributed by atoms with E-state index in [4.69, 9.17) is 14.5 Å². The zero-order valence-corrected chi connectivity index (χ0v) is 17.1. The van der Waals surface area contributed by atoms with Crippen LogP contribution in [0.4, 0.5) is 0 Å². The summed E-state index contributed by atoms with van der Waals surface area (Å²) in [6.45, 7) is 6.03. The molecule has 0 aliphatic carbocycles. The summed E-state index contributed by atoms with van der Waals surface area (Å²) < 4.78 is 0. The van der Waals surface area contributed by atoms with Crippen LogP contribution < -0.4 is 56.5 Å². The van der Waals surface area contributed by atoms with Gasteiger partial charge in [-0.25, -0.2) is 0 Å². The quantitative estimate of drug-likeness (QED) is 0.355. The van der Waals surface area contributed by atoms with Crippen LogP contribution in [0.1, 0.15) is 27.7 Å². The maximum Gasteiger partial charge on any atom is 1.00 e. The van der Waals surface area contributed by atoms with Crippen molar-refractivity contribution < 1.29 is 71.0 Å². The van der Waals surface area contributed by atoms with E-state index in [9.17, 15) is 5.11 Å². The summed E-state index contributed by atoms with van der Waals surface area (Å²) in [5.41, 5.74) is 0. The summed E-state index contributed by atoms with van der Waals surface area (Å²) in [5, 5.41) is 10.4. The SMILES string of the molecule is CC(=S)ON(OC(C)=S)OC(C)=S.CC([O-])=S.[K+]. The minimum absolute atomic E-state index is 0. The number of hydrogen-bond acceptors (Lipinski definition) is 9. The average Bonchev–Trinajstić information content (AvgIpc) is 1.96. The molecular weight excluding hydrogens is 341 g/mol. The van der Waals surface area contributed by atoms with Crippen LogP contribution in [0, 0.1) is 0 Å². The largest absolute Gasteiger partial charge is 1.00 e. The molecule has 18 heavy (non-hydrogen) atoms. The monoisotopic (exact) mass is 353 g/mol. The Balaban J connectivity index is -0.000000392. The topological polar surface area (TPSA) is 54.0 Å². The van der Waals surface area contributed by atoms with E-state index >= 15 is 0 Å². The molecule has 0 amide bonds. The van der Waals surface area contributed by atoms with Gasteiger partial charge in [-0.05, 0) is 43.6 Å². The smallest absolute Gasteiger partial charge is 0.868 e. The molecule has 0 N–H and O–H groups in total. The Hall–Kier alpha value is 1.16. The summed E-state index contributed by atoms with van der Waals surface area (Å²) in [5.74, 6) is 0. The Bertz CT molecular complexity index is 271. The van der Waals surface area contributed by atoms with E-state index in [0.717, 1.165) is 0 Å². The second kappa shape index (κ2) is 14.6. The van der Waals surface area contributed by atoms with Crippen LogP contribution >= 0.6 is 48.9 Å². The van der Waals surface area contributed by atoms with Gasteiger partial charge in [-0.2, -0.15) is 0 Å². The Labute approximate surface area is 170 Å². The van der Waals surface area contributed by atoms with Gasteiger partial charge < -0.3 is 19.6 Å². The third-order valence-corrected chi connectivity index (χ3v) is 0.833. The van der Waals surface area contributed by atoms with Crippen molar-refractivity contribution in [2.45, 2.75) is 27.7 Å². The minimum atomic E-state index is -0.250. The van der Waals surface area contributed by atoms with E-state index in [1.807, 2.05) is 0 Å². The minimum Gasteiger partial charge on any atom is -0.868 e. The van der Waals surface area contributed by atoms with Gasteiger partial charge in [0.25, 0.3) is 0 Å². The molecule has 0 aromatic rings. The van der Waals surface area contributed by atoms with E-state index in [1.54, 1.807) is 20.8 Å². The van der Waals surface area contributed by atoms with Gasteiger partial charge in [0.15, 0.2) is 15.2 Å². The molecule has 0 aliphatic heterocycles. The molecule has 0 unspecified atom stereocenters. The van der Waals surface area contributed by atoms with Crippen molar-refractivity contribution in [3.63, 3.8) is 0 Å². The summed E-state index contributed by atoms with van der Waals surface area (Å²) in [4.78, 5) is 14.5. The van der Waals surface area contributed by atoms with Gasteiger partial charge in [-0.1, -0.05) is 5.05 Å². The molecule has 98 valence electrons. The van der Waals surface area contributed by atoms with Gasteiger partial charge in [-0.15, -0.1) is 12.2 Å². The molecule has 0 fully saturated rings. The van der Waals surface area contributed by atoms with E-state index in [1.165, 1.54) is 6.92 Å². The first kappa shape index (κ1) is 24.2. The van der Waals surface area contributed by atoms with Crippen molar-refractivity contribution in [2.24, 2.45) is 0 Å². The van der Waals surface area contributed by atoms with Gasteiger partial charge in [-0.3, -0.25) is 0 Å². The fourth-order valence-electron chi connectivity index (χ4n) is 0.371. The maximum absolute atomic E-state index is 9.26. The van der Waals surface area contributed by atoms with Gasteiger partial charge in [0.05, 0.1) is 0 Å². The van der Waals surface area contributed by atoms with E-state index < -0.39 is 0 Å². The molecule has 0 saturated heterocycles. The molecule has 0 bridgehead atoms. The second-order valence-corrected chi connectivity index (χ2v) is 4.76.